The number of fused-ring (bicyclic) bond motifs is 4. The van der Waals surface area contributed by atoms with Gasteiger partial charge in [0.15, 0.2) is 0 Å². The van der Waals surface area contributed by atoms with E-state index in [-0.39, 0.29) is 0 Å². The fourth-order valence-corrected chi connectivity index (χ4v) is 6.08. The average Bonchev–Trinajstić information content (AvgIpc) is 3.29. The van der Waals surface area contributed by atoms with Crippen molar-refractivity contribution in [3.63, 3.8) is 0 Å². The van der Waals surface area contributed by atoms with E-state index in [9.17, 15) is 8.42 Å². The minimum Gasteiger partial charge on any atom is -0.497 e. The Bertz CT molecular complexity index is 1350. The first-order valence-electron chi connectivity index (χ1n) is 10.2. The standard InChI is InChI=1S/C24H24N2O3S/c1-17-5-9-20(10-6-17)30(27,28)26-23-11-7-18-4-3-14-25(18)15-13-21(23)22-16-19(29-2)8-12-24(22)26/h3-6,8-10,12,14,16H,7,11,13,15H2,1-2H3. The van der Waals surface area contributed by atoms with Gasteiger partial charge in [-0.1, -0.05) is 17.7 Å². The minimum absolute atomic E-state index is 0.314. The van der Waals surface area contributed by atoms with Crippen LogP contribution in [-0.4, -0.2) is 24.1 Å². The molecule has 0 radical (unpaired) electrons. The van der Waals surface area contributed by atoms with Crippen molar-refractivity contribution in [2.45, 2.75) is 37.6 Å². The Morgan fingerprint density at radius 1 is 0.967 bits per heavy atom. The first-order chi connectivity index (χ1) is 14.5. The van der Waals surface area contributed by atoms with Crippen LogP contribution >= 0.6 is 0 Å². The number of nitrogens with zero attached hydrogens (tertiary/aromatic N) is 2. The number of aromatic nitrogens is 2. The lowest BCUT2D eigenvalue weighted by Crippen LogP contribution is -2.19. The Kier molecular flexibility index (Phi) is 4.47. The van der Waals surface area contributed by atoms with Gasteiger partial charge in [0.05, 0.1) is 17.5 Å². The van der Waals surface area contributed by atoms with Crippen molar-refractivity contribution < 1.29 is 13.2 Å². The molecule has 5 nitrogen and oxygen atoms in total. The van der Waals surface area contributed by atoms with Crippen LogP contribution < -0.4 is 4.74 Å². The number of aryl methyl sites for hydroxylation is 4. The van der Waals surface area contributed by atoms with Crippen LogP contribution in [0.5, 0.6) is 5.75 Å². The van der Waals surface area contributed by atoms with Crippen LogP contribution in [0.2, 0.25) is 0 Å². The van der Waals surface area contributed by atoms with E-state index in [0.29, 0.717) is 16.8 Å². The molecule has 0 amide bonds. The van der Waals surface area contributed by atoms with E-state index in [0.717, 1.165) is 47.3 Å². The Morgan fingerprint density at radius 2 is 1.77 bits per heavy atom. The molecule has 0 saturated carbocycles. The van der Waals surface area contributed by atoms with E-state index in [4.69, 9.17) is 4.74 Å². The summed E-state index contributed by atoms with van der Waals surface area (Å²) in [4.78, 5) is 0.314. The highest BCUT2D eigenvalue weighted by molar-refractivity contribution is 7.90. The zero-order valence-electron chi connectivity index (χ0n) is 17.1. The summed E-state index contributed by atoms with van der Waals surface area (Å²) < 4.78 is 36.8. The maximum absolute atomic E-state index is 13.8. The van der Waals surface area contributed by atoms with Gasteiger partial charge in [0, 0.05) is 29.5 Å². The van der Waals surface area contributed by atoms with E-state index in [1.165, 1.54) is 5.69 Å². The second-order valence-electron chi connectivity index (χ2n) is 7.83. The molecule has 0 unspecified atom stereocenters. The van der Waals surface area contributed by atoms with E-state index in [1.54, 1.807) is 23.2 Å². The van der Waals surface area contributed by atoms with Crippen LogP contribution in [0.1, 0.15) is 22.5 Å². The van der Waals surface area contributed by atoms with Crippen molar-refractivity contribution in [3.05, 3.63) is 83.3 Å². The van der Waals surface area contributed by atoms with Gasteiger partial charge < -0.3 is 9.30 Å². The molecule has 0 aliphatic carbocycles. The second-order valence-corrected chi connectivity index (χ2v) is 9.62. The highest BCUT2D eigenvalue weighted by Crippen LogP contribution is 2.35. The highest BCUT2D eigenvalue weighted by atomic mass is 32.2. The first kappa shape index (κ1) is 19.0. The van der Waals surface area contributed by atoms with Gasteiger partial charge in [-0.2, -0.15) is 0 Å². The lowest BCUT2D eigenvalue weighted by atomic mass is 10.0. The van der Waals surface area contributed by atoms with Crippen molar-refractivity contribution >= 4 is 20.9 Å². The second kappa shape index (κ2) is 7.06. The number of ether oxygens (including phenoxy) is 1. The third-order valence-corrected chi connectivity index (χ3v) is 7.81. The summed E-state index contributed by atoms with van der Waals surface area (Å²) in [6.45, 7) is 2.79. The lowest BCUT2D eigenvalue weighted by Gasteiger charge is -2.17. The summed E-state index contributed by atoms with van der Waals surface area (Å²) in [5.74, 6) is 0.735. The molecule has 0 saturated heterocycles. The fraction of sp³-hybridized carbons (Fsp3) is 0.250. The molecule has 154 valence electrons. The van der Waals surface area contributed by atoms with Crippen molar-refractivity contribution in [3.8, 4) is 5.75 Å². The maximum Gasteiger partial charge on any atom is 0.268 e. The van der Waals surface area contributed by atoms with Gasteiger partial charge in [-0.05, 0) is 74.2 Å². The minimum atomic E-state index is -3.72. The van der Waals surface area contributed by atoms with Crippen LogP contribution in [0.25, 0.3) is 10.9 Å². The normalized spacial score (nSPS) is 14.1. The lowest BCUT2D eigenvalue weighted by molar-refractivity contribution is 0.415. The number of hydrogen-bond donors (Lipinski definition) is 0. The van der Waals surface area contributed by atoms with Crippen molar-refractivity contribution in [2.24, 2.45) is 0 Å². The van der Waals surface area contributed by atoms with Crippen molar-refractivity contribution in [2.75, 3.05) is 7.11 Å². The van der Waals surface area contributed by atoms with Crippen molar-refractivity contribution in [1.82, 2.24) is 8.54 Å². The molecule has 30 heavy (non-hydrogen) atoms. The summed E-state index contributed by atoms with van der Waals surface area (Å²) in [7, 11) is -2.09. The summed E-state index contributed by atoms with van der Waals surface area (Å²) in [6, 6.07) is 16.9. The van der Waals surface area contributed by atoms with Gasteiger partial charge in [-0.15, -0.1) is 0 Å². The molecule has 4 aromatic rings. The molecule has 0 fully saturated rings. The molecule has 1 aliphatic rings. The molecule has 5 rings (SSSR count). The molecular formula is C24H24N2O3S. The molecule has 2 aromatic carbocycles. The van der Waals surface area contributed by atoms with Gasteiger partial charge in [0.25, 0.3) is 10.0 Å². The molecule has 0 bridgehead atoms. The van der Waals surface area contributed by atoms with Crippen LogP contribution in [0.15, 0.2) is 65.7 Å². The number of methoxy groups -OCH3 is 1. The number of rotatable bonds is 3. The maximum atomic E-state index is 13.8. The number of hydrogen-bond acceptors (Lipinski definition) is 3. The fourth-order valence-electron chi connectivity index (χ4n) is 4.48. The summed E-state index contributed by atoms with van der Waals surface area (Å²) >= 11 is 0. The molecule has 6 heteroatoms. The molecule has 2 aromatic heterocycles. The smallest absolute Gasteiger partial charge is 0.268 e. The van der Waals surface area contributed by atoms with Crippen molar-refractivity contribution in [1.29, 1.82) is 0 Å². The van der Waals surface area contributed by atoms with Gasteiger partial charge in [0.1, 0.15) is 5.75 Å². The Labute approximate surface area is 176 Å². The van der Waals surface area contributed by atoms with E-state index >= 15 is 0 Å². The van der Waals surface area contributed by atoms with E-state index in [1.807, 2.05) is 37.3 Å². The quantitative estimate of drug-likeness (QED) is 0.495. The third kappa shape index (κ3) is 2.94. The van der Waals surface area contributed by atoms with E-state index in [2.05, 4.69) is 22.9 Å². The van der Waals surface area contributed by atoms with Gasteiger partial charge in [-0.3, -0.25) is 0 Å². The topological polar surface area (TPSA) is 53.2 Å². The molecule has 0 N–H and O–H groups in total. The summed E-state index contributed by atoms with van der Waals surface area (Å²) in [5.41, 5.74) is 4.97. The summed E-state index contributed by atoms with van der Waals surface area (Å²) in [5, 5.41) is 0.954. The number of benzene rings is 2. The van der Waals surface area contributed by atoms with Crippen LogP contribution in [0, 0.1) is 6.92 Å². The largest absolute Gasteiger partial charge is 0.497 e. The van der Waals surface area contributed by atoms with Gasteiger partial charge >= 0.3 is 0 Å². The van der Waals surface area contributed by atoms with Crippen LogP contribution in [-0.2, 0) is 35.8 Å². The zero-order chi connectivity index (χ0) is 20.9. The Balaban J connectivity index is 1.76. The first-order valence-corrected chi connectivity index (χ1v) is 11.6. The predicted octanol–water partition coefficient (Wildman–Crippen LogP) is 4.34. The highest BCUT2D eigenvalue weighted by Gasteiger charge is 2.28. The van der Waals surface area contributed by atoms with E-state index < -0.39 is 10.0 Å². The average molecular weight is 421 g/mol. The predicted molar refractivity (Wildman–Crippen MR) is 118 cm³/mol. The SMILES string of the molecule is COc1ccc2c(c1)c1c(n2S(=O)(=O)c2ccc(C)cc2)CCc2cccn2CC1. The van der Waals surface area contributed by atoms with Gasteiger partial charge in [0.2, 0.25) is 0 Å². The molecule has 0 spiro atoms. The van der Waals surface area contributed by atoms with Crippen LogP contribution in [0.4, 0.5) is 0 Å². The summed E-state index contributed by atoms with van der Waals surface area (Å²) in [6.07, 6.45) is 4.35. The third-order valence-electron chi connectivity index (χ3n) is 6.04. The molecular weight excluding hydrogens is 396 g/mol. The Hall–Kier alpha value is -2.99. The van der Waals surface area contributed by atoms with Crippen LogP contribution in [0.3, 0.4) is 0 Å². The zero-order valence-corrected chi connectivity index (χ0v) is 17.9. The molecule has 1 aliphatic heterocycles. The molecule has 0 atom stereocenters. The monoisotopic (exact) mass is 420 g/mol. The Morgan fingerprint density at radius 3 is 2.53 bits per heavy atom. The molecule has 3 heterocycles. The van der Waals surface area contributed by atoms with Gasteiger partial charge in [-0.25, -0.2) is 12.4 Å².